The number of phosphoric ester groups is 2. The molecule has 0 aliphatic rings. The highest BCUT2D eigenvalue weighted by Crippen LogP contribution is 2.45. The van der Waals surface area contributed by atoms with Crippen LogP contribution in [0.5, 0.6) is 0 Å². The van der Waals surface area contributed by atoms with E-state index < -0.39 is 97.5 Å². The molecule has 90 heavy (non-hydrogen) atoms. The van der Waals surface area contributed by atoms with Crippen LogP contribution in [0.2, 0.25) is 0 Å². The van der Waals surface area contributed by atoms with E-state index in [1.807, 2.05) is 0 Å². The summed E-state index contributed by atoms with van der Waals surface area (Å²) < 4.78 is 68.2. The zero-order valence-electron chi connectivity index (χ0n) is 58.4. The number of phosphoric acid groups is 2. The number of aliphatic hydroxyl groups is 1. The Labute approximate surface area is 549 Å². The summed E-state index contributed by atoms with van der Waals surface area (Å²) in [6.07, 6.45) is 48.6. The highest BCUT2D eigenvalue weighted by molar-refractivity contribution is 7.47. The fourth-order valence-corrected chi connectivity index (χ4v) is 12.3. The van der Waals surface area contributed by atoms with Gasteiger partial charge in [0.2, 0.25) is 0 Å². The van der Waals surface area contributed by atoms with Crippen LogP contribution in [-0.4, -0.2) is 96.7 Å². The molecule has 0 amide bonds. The molecule has 534 valence electrons. The van der Waals surface area contributed by atoms with Gasteiger partial charge < -0.3 is 33.8 Å². The molecule has 19 heteroatoms. The van der Waals surface area contributed by atoms with Gasteiger partial charge in [0.05, 0.1) is 26.4 Å². The van der Waals surface area contributed by atoms with E-state index in [0.29, 0.717) is 25.7 Å². The second-order valence-electron chi connectivity index (χ2n) is 26.3. The van der Waals surface area contributed by atoms with Crippen molar-refractivity contribution in [3.8, 4) is 0 Å². The quantitative estimate of drug-likeness (QED) is 0.0222. The summed E-state index contributed by atoms with van der Waals surface area (Å²) in [7, 11) is -9.90. The number of carbonyl (C=O) groups excluding carboxylic acids is 4. The van der Waals surface area contributed by atoms with E-state index in [-0.39, 0.29) is 25.7 Å². The van der Waals surface area contributed by atoms with Crippen molar-refractivity contribution in [2.75, 3.05) is 39.6 Å². The molecule has 0 aliphatic heterocycles. The van der Waals surface area contributed by atoms with E-state index in [4.69, 9.17) is 37.0 Å². The van der Waals surface area contributed by atoms with Crippen molar-refractivity contribution < 1.29 is 80.2 Å². The van der Waals surface area contributed by atoms with Gasteiger partial charge in [-0.05, 0) is 37.5 Å². The maximum atomic E-state index is 13.0. The van der Waals surface area contributed by atoms with Crippen LogP contribution in [0.3, 0.4) is 0 Å². The predicted octanol–water partition coefficient (Wildman–Crippen LogP) is 20.4. The molecule has 0 fully saturated rings. The third-order valence-electron chi connectivity index (χ3n) is 16.8. The molecule has 0 aliphatic carbocycles. The first-order valence-electron chi connectivity index (χ1n) is 37.0. The van der Waals surface area contributed by atoms with Gasteiger partial charge in [-0.1, -0.05) is 311 Å². The topological polar surface area (TPSA) is 237 Å². The summed E-state index contributed by atoms with van der Waals surface area (Å²) in [6, 6.07) is 0. The highest BCUT2D eigenvalue weighted by Gasteiger charge is 2.30. The number of hydrogen-bond donors (Lipinski definition) is 3. The average molecular weight is 1330 g/mol. The number of carbonyl (C=O) groups is 4. The standard InChI is InChI=1S/C71H138O17P2/c1-7-10-12-14-16-17-18-19-20-21-22-27-30-37-43-49-55-70(75)87-67(60-82-69(74)54-48-42-36-29-26-24-23-25-28-34-39-45-51-63(4)5)62-86-90(79,80)84-58-65(72)57-83-89(77,78)85-61-66(59-81-68(73)53-47-41-33-15-13-11-8-2)88-71(76)56-50-44-38-32-31-35-40-46-52-64(6)9-3/h63-67,72H,7-62H2,1-6H3,(H,77,78)(H,79,80)/t64?,65-,66+,67+/m0/s1. The lowest BCUT2D eigenvalue weighted by molar-refractivity contribution is -0.161. The Hall–Kier alpha value is -1.94. The first-order valence-corrected chi connectivity index (χ1v) is 40.0. The van der Waals surface area contributed by atoms with Crippen LogP contribution in [-0.2, 0) is 65.4 Å². The van der Waals surface area contributed by atoms with Gasteiger partial charge in [0.1, 0.15) is 19.3 Å². The lowest BCUT2D eigenvalue weighted by Crippen LogP contribution is -2.30. The first kappa shape index (κ1) is 88.1. The Morgan fingerprint density at radius 1 is 0.322 bits per heavy atom. The van der Waals surface area contributed by atoms with Gasteiger partial charge in [0.15, 0.2) is 12.2 Å². The van der Waals surface area contributed by atoms with Crippen molar-refractivity contribution in [1.29, 1.82) is 0 Å². The number of rotatable bonds is 70. The summed E-state index contributed by atoms with van der Waals surface area (Å²) >= 11 is 0. The summed E-state index contributed by atoms with van der Waals surface area (Å²) in [4.78, 5) is 72.5. The smallest absolute Gasteiger partial charge is 0.462 e. The normalized spacial score (nSPS) is 14.4. The van der Waals surface area contributed by atoms with Crippen LogP contribution in [0.4, 0.5) is 0 Å². The number of hydrogen-bond acceptors (Lipinski definition) is 15. The largest absolute Gasteiger partial charge is 0.472 e. The minimum atomic E-state index is -4.95. The van der Waals surface area contributed by atoms with Crippen molar-refractivity contribution in [3.05, 3.63) is 0 Å². The average Bonchev–Trinajstić information content (AvgIpc) is 3.65. The van der Waals surface area contributed by atoms with Crippen molar-refractivity contribution in [3.63, 3.8) is 0 Å². The highest BCUT2D eigenvalue weighted by atomic mass is 31.2. The minimum absolute atomic E-state index is 0.105. The molecule has 0 rings (SSSR count). The van der Waals surface area contributed by atoms with E-state index in [9.17, 15) is 43.2 Å². The molecule has 0 spiro atoms. The van der Waals surface area contributed by atoms with Crippen molar-refractivity contribution in [1.82, 2.24) is 0 Å². The van der Waals surface area contributed by atoms with Gasteiger partial charge >= 0.3 is 39.5 Å². The molecule has 0 saturated carbocycles. The van der Waals surface area contributed by atoms with Crippen LogP contribution in [0, 0.1) is 11.8 Å². The first-order chi connectivity index (χ1) is 43.4. The molecule has 17 nitrogen and oxygen atoms in total. The monoisotopic (exact) mass is 1320 g/mol. The maximum Gasteiger partial charge on any atom is 0.472 e. The van der Waals surface area contributed by atoms with Gasteiger partial charge in [-0.15, -0.1) is 0 Å². The maximum absolute atomic E-state index is 13.0. The number of aliphatic hydroxyl groups excluding tert-OH is 1. The summed E-state index contributed by atoms with van der Waals surface area (Å²) in [6.45, 7) is 9.53. The zero-order valence-corrected chi connectivity index (χ0v) is 60.2. The Morgan fingerprint density at radius 2 is 0.567 bits per heavy atom. The molecular formula is C71H138O17P2. The van der Waals surface area contributed by atoms with Gasteiger partial charge in [-0.25, -0.2) is 9.13 Å². The molecule has 0 radical (unpaired) electrons. The van der Waals surface area contributed by atoms with Gasteiger partial charge in [0.25, 0.3) is 0 Å². The number of unbranched alkanes of at least 4 members (excludes halogenated alkanes) is 39. The van der Waals surface area contributed by atoms with E-state index in [1.165, 1.54) is 167 Å². The van der Waals surface area contributed by atoms with Gasteiger partial charge in [-0.3, -0.25) is 37.3 Å². The zero-order chi connectivity index (χ0) is 66.5. The van der Waals surface area contributed by atoms with Crippen molar-refractivity contribution in [2.45, 2.75) is 381 Å². The Bertz CT molecular complexity index is 1750. The van der Waals surface area contributed by atoms with Crippen LogP contribution in [0.25, 0.3) is 0 Å². The van der Waals surface area contributed by atoms with Crippen LogP contribution >= 0.6 is 15.6 Å². The number of ether oxygens (including phenoxy) is 4. The molecule has 0 bridgehead atoms. The summed E-state index contributed by atoms with van der Waals surface area (Å²) in [5.41, 5.74) is 0. The van der Waals surface area contributed by atoms with Crippen molar-refractivity contribution >= 4 is 39.5 Å². The van der Waals surface area contributed by atoms with Crippen LogP contribution in [0.15, 0.2) is 0 Å². The predicted molar refractivity (Wildman–Crippen MR) is 363 cm³/mol. The Kier molecular flexibility index (Phi) is 61.8. The lowest BCUT2D eigenvalue weighted by atomic mass is 9.99. The van der Waals surface area contributed by atoms with E-state index in [2.05, 4.69) is 41.5 Å². The molecule has 6 atom stereocenters. The molecule has 3 N–H and O–H groups in total. The molecule has 0 heterocycles. The number of esters is 4. The molecule has 0 aromatic heterocycles. The molecular weight excluding hydrogens is 1190 g/mol. The lowest BCUT2D eigenvalue weighted by Gasteiger charge is -2.21. The van der Waals surface area contributed by atoms with Crippen molar-refractivity contribution in [2.24, 2.45) is 11.8 Å². The summed E-state index contributed by atoms with van der Waals surface area (Å²) in [5, 5.41) is 10.6. The van der Waals surface area contributed by atoms with E-state index >= 15 is 0 Å². The fraction of sp³-hybridized carbons (Fsp3) is 0.944. The summed E-state index contributed by atoms with van der Waals surface area (Å²) in [5.74, 6) is -0.575. The fourth-order valence-electron chi connectivity index (χ4n) is 10.7. The molecule has 0 saturated heterocycles. The third kappa shape index (κ3) is 63.5. The molecule has 3 unspecified atom stereocenters. The Balaban J connectivity index is 5.21. The van der Waals surface area contributed by atoms with Crippen LogP contribution < -0.4 is 0 Å². The Morgan fingerprint density at radius 3 is 0.844 bits per heavy atom. The van der Waals surface area contributed by atoms with E-state index in [0.717, 1.165) is 115 Å². The van der Waals surface area contributed by atoms with Gasteiger partial charge in [0, 0.05) is 25.7 Å². The second kappa shape index (κ2) is 63.1. The minimum Gasteiger partial charge on any atom is -0.462 e. The second-order valence-corrected chi connectivity index (χ2v) is 29.3. The van der Waals surface area contributed by atoms with E-state index in [1.54, 1.807) is 0 Å². The SMILES string of the molecule is CCCCCCCCCCCCCCCCCCC(=O)O[C@H](COC(=O)CCCCCCCCCCCCCCC(C)C)COP(=O)(O)OC[C@@H](O)COP(=O)(O)OC[C@@H](COC(=O)CCCCCCCCC)OC(=O)CCCCCCCCCCC(C)CC. The van der Waals surface area contributed by atoms with Crippen LogP contribution in [0.1, 0.15) is 363 Å². The molecule has 0 aromatic rings. The third-order valence-corrected chi connectivity index (χ3v) is 18.7. The van der Waals surface area contributed by atoms with Gasteiger partial charge in [-0.2, -0.15) is 0 Å². The molecule has 0 aromatic carbocycles.